The van der Waals surface area contributed by atoms with Crippen LogP contribution in [0.5, 0.6) is 5.75 Å². The van der Waals surface area contributed by atoms with Crippen LogP contribution in [0.2, 0.25) is 0 Å². The molecule has 0 fully saturated rings. The number of nitrogens with zero attached hydrogens (tertiary/aromatic N) is 2. The molecule has 0 unspecified atom stereocenters. The van der Waals surface area contributed by atoms with E-state index in [2.05, 4.69) is 36.2 Å². The monoisotopic (exact) mass is 406 g/mol. The Labute approximate surface area is 162 Å². The van der Waals surface area contributed by atoms with Crippen molar-refractivity contribution in [3.8, 4) is 5.75 Å². The van der Waals surface area contributed by atoms with Gasteiger partial charge in [-0.15, -0.1) is 0 Å². The van der Waals surface area contributed by atoms with E-state index in [9.17, 15) is 17.6 Å². The fraction of sp³-hybridized carbons (Fsp3) is 0.111. The van der Waals surface area contributed by atoms with Gasteiger partial charge in [-0.1, -0.05) is 0 Å². The molecule has 0 saturated carbocycles. The number of hydrogen-bond donors (Lipinski definition) is 4. The zero-order chi connectivity index (χ0) is 20.5. The molecule has 1 aliphatic rings. The number of nitrogens with one attached hydrogen (secondary N) is 4. The van der Waals surface area contributed by atoms with E-state index in [1.54, 1.807) is 6.07 Å². The molecular weight excluding hydrogens is 392 g/mol. The van der Waals surface area contributed by atoms with Crippen molar-refractivity contribution in [2.45, 2.75) is 6.54 Å². The highest BCUT2D eigenvalue weighted by molar-refractivity contribution is 5.66. The Kier molecular flexibility index (Phi) is 4.80. The third-order valence-electron chi connectivity index (χ3n) is 4.18. The summed E-state index contributed by atoms with van der Waals surface area (Å²) in [4.78, 5) is 7.78. The van der Waals surface area contributed by atoms with Gasteiger partial charge in [-0.25, -0.2) is 23.6 Å². The topological polar surface area (TPSA) is 83.1 Å². The highest BCUT2D eigenvalue weighted by atomic mass is 19.2. The van der Waals surface area contributed by atoms with Gasteiger partial charge in [-0.2, -0.15) is 9.37 Å². The molecule has 0 amide bonds. The first-order valence-electron chi connectivity index (χ1n) is 8.36. The zero-order valence-corrected chi connectivity index (χ0v) is 14.9. The Balaban J connectivity index is 1.62. The van der Waals surface area contributed by atoms with Crippen LogP contribution in [0.3, 0.4) is 0 Å². The molecule has 0 saturated heterocycles. The number of benzene rings is 2. The molecule has 0 radical (unpaired) electrons. The number of hydrogen-bond acceptors (Lipinski definition) is 7. The highest BCUT2D eigenvalue weighted by Crippen LogP contribution is 2.32. The summed E-state index contributed by atoms with van der Waals surface area (Å²) in [5.74, 6) is -6.33. The predicted molar refractivity (Wildman–Crippen MR) is 98.3 cm³/mol. The van der Waals surface area contributed by atoms with Crippen molar-refractivity contribution in [2.24, 2.45) is 0 Å². The van der Waals surface area contributed by atoms with Gasteiger partial charge in [0.25, 0.3) is 0 Å². The molecule has 2 heterocycles. The fourth-order valence-electron chi connectivity index (χ4n) is 2.80. The fourth-order valence-corrected chi connectivity index (χ4v) is 2.80. The van der Waals surface area contributed by atoms with Crippen molar-refractivity contribution >= 4 is 28.8 Å². The summed E-state index contributed by atoms with van der Waals surface area (Å²) in [7, 11) is 0.986. The minimum Gasteiger partial charge on any atom is -0.491 e. The van der Waals surface area contributed by atoms with Crippen LogP contribution in [0, 0.1) is 23.3 Å². The van der Waals surface area contributed by atoms with Crippen molar-refractivity contribution in [1.82, 2.24) is 15.4 Å². The van der Waals surface area contributed by atoms with Gasteiger partial charge < -0.3 is 20.8 Å². The van der Waals surface area contributed by atoms with Gasteiger partial charge in [0.1, 0.15) is 0 Å². The zero-order valence-electron chi connectivity index (χ0n) is 14.9. The van der Waals surface area contributed by atoms with E-state index >= 15 is 0 Å². The van der Waals surface area contributed by atoms with E-state index in [4.69, 9.17) is 0 Å². The van der Waals surface area contributed by atoms with Crippen LogP contribution >= 0.6 is 0 Å². The number of hydrazine groups is 1. The van der Waals surface area contributed by atoms with Crippen LogP contribution < -0.4 is 26.2 Å². The number of methoxy groups -OCH3 is 1. The lowest BCUT2D eigenvalue weighted by Crippen LogP contribution is -2.10. The smallest absolute Gasteiger partial charge is 0.229 e. The van der Waals surface area contributed by atoms with Crippen LogP contribution in [0.25, 0.3) is 0 Å². The average molecular weight is 406 g/mol. The van der Waals surface area contributed by atoms with Crippen molar-refractivity contribution < 1.29 is 22.3 Å². The van der Waals surface area contributed by atoms with Gasteiger partial charge in [-0.3, -0.25) is 0 Å². The number of aromatic nitrogens is 2. The van der Waals surface area contributed by atoms with Crippen molar-refractivity contribution in [3.05, 3.63) is 59.3 Å². The SMILES string of the molecule is COc1c(F)c(F)cc(Nc2nc(Nc3ccc4c(c3)CNN4)ncc2F)c1F. The van der Waals surface area contributed by atoms with Gasteiger partial charge in [0.2, 0.25) is 11.8 Å². The summed E-state index contributed by atoms with van der Waals surface area (Å²) in [5.41, 5.74) is 8.00. The van der Waals surface area contributed by atoms with E-state index in [0.717, 1.165) is 24.6 Å². The van der Waals surface area contributed by atoms with Crippen LogP contribution in [0.4, 0.5) is 46.4 Å². The van der Waals surface area contributed by atoms with E-state index in [-0.39, 0.29) is 5.95 Å². The molecule has 7 nitrogen and oxygen atoms in total. The maximum atomic E-state index is 14.3. The van der Waals surface area contributed by atoms with E-state index in [1.165, 1.54) is 0 Å². The molecule has 0 spiro atoms. The van der Waals surface area contributed by atoms with E-state index in [1.807, 2.05) is 12.1 Å². The second-order valence-corrected chi connectivity index (χ2v) is 6.06. The molecule has 0 aliphatic carbocycles. The van der Waals surface area contributed by atoms with Crippen LogP contribution in [-0.4, -0.2) is 17.1 Å². The lowest BCUT2D eigenvalue weighted by atomic mass is 10.2. The molecule has 3 aromatic rings. The van der Waals surface area contributed by atoms with Crippen LogP contribution in [0.1, 0.15) is 5.56 Å². The molecule has 150 valence electrons. The highest BCUT2D eigenvalue weighted by Gasteiger charge is 2.21. The Hall–Kier alpha value is -3.60. The summed E-state index contributed by atoms with van der Waals surface area (Å²) < 4.78 is 60.2. The number of halogens is 4. The molecule has 1 aromatic heterocycles. The van der Waals surface area contributed by atoms with Gasteiger partial charge in [0.15, 0.2) is 29.0 Å². The first kappa shape index (κ1) is 18.7. The summed E-state index contributed by atoms with van der Waals surface area (Å²) >= 11 is 0. The third kappa shape index (κ3) is 3.59. The maximum absolute atomic E-state index is 14.3. The summed E-state index contributed by atoms with van der Waals surface area (Å²) in [6.45, 7) is 0.624. The largest absolute Gasteiger partial charge is 0.491 e. The molecule has 2 aromatic carbocycles. The first-order valence-corrected chi connectivity index (χ1v) is 8.36. The van der Waals surface area contributed by atoms with Crippen molar-refractivity contribution in [2.75, 3.05) is 23.2 Å². The minimum absolute atomic E-state index is 0.0164. The average Bonchev–Trinajstić information content (AvgIpc) is 3.17. The Morgan fingerprint density at radius 3 is 2.66 bits per heavy atom. The van der Waals surface area contributed by atoms with Crippen molar-refractivity contribution in [1.29, 1.82) is 0 Å². The standard InChI is InChI=1S/C18H14F4N6O/c1-29-16-14(21)10(19)5-13(15(16)22)26-17-11(20)7-23-18(27-17)25-9-2-3-12-8(4-9)6-24-28-12/h2-5,7,24,28H,6H2,1H3,(H2,23,25,26,27). The number of rotatable bonds is 5. The van der Waals surface area contributed by atoms with Gasteiger partial charge in [0, 0.05) is 18.3 Å². The lowest BCUT2D eigenvalue weighted by Gasteiger charge is -2.13. The molecule has 29 heavy (non-hydrogen) atoms. The second kappa shape index (κ2) is 7.43. The number of ether oxygens (including phenoxy) is 1. The number of anilines is 5. The molecular formula is C18H14F4N6O. The number of fused-ring (bicyclic) bond motifs is 1. The van der Waals surface area contributed by atoms with Gasteiger partial charge >= 0.3 is 0 Å². The second-order valence-electron chi connectivity index (χ2n) is 6.06. The van der Waals surface area contributed by atoms with E-state index in [0.29, 0.717) is 18.3 Å². The molecule has 0 bridgehead atoms. The summed E-state index contributed by atoms with van der Waals surface area (Å²) in [6, 6.07) is 5.99. The molecule has 1 aliphatic heterocycles. The summed E-state index contributed by atoms with van der Waals surface area (Å²) in [5, 5.41) is 5.21. The van der Waals surface area contributed by atoms with E-state index < -0.39 is 40.5 Å². The van der Waals surface area contributed by atoms with Crippen LogP contribution in [-0.2, 0) is 6.54 Å². The van der Waals surface area contributed by atoms with Gasteiger partial charge in [0.05, 0.1) is 24.7 Å². The van der Waals surface area contributed by atoms with Crippen LogP contribution in [0.15, 0.2) is 30.5 Å². The summed E-state index contributed by atoms with van der Waals surface area (Å²) in [6.07, 6.45) is 0.864. The van der Waals surface area contributed by atoms with Crippen molar-refractivity contribution in [3.63, 3.8) is 0 Å². The maximum Gasteiger partial charge on any atom is 0.229 e. The molecule has 4 N–H and O–H groups in total. The Bertz CT molecular complexity index is 1090. The first-order chi connectivity index (χ1) is 14.0. The molecule has 0 atom stereocenters. The third-order valence-corrected chi connectivity index (χ3v) is 4.18. The lowest BCUT2D eigenvalue weighted by molar-refractivity contribution is 0.348. The molecule has 11 heteroatoms. The minimum atomic E-state index is -1.48. The quantitative estimate of drug-likeness (QED) is 0.377. The van der Waals surface area contributed by atoms with Gasteiger partial charge in [-0.05, 0) is 23.8 Å². The Morgan fingerprint density at radius 2 is 1.86 bits per heavy atom. The normalized spacial score (nSPS) is 12.3. The predicted octanol–water partition coefficient (Wildman–Crippen LogP) is 3.96. The molecule has 4 rings (SSSR count). The Morgan fingerprint density at radius 1 is 1.03 bits per heavy atom.